The van der Waals surface area contributed by atoms with Crippen LogP contribution in [0.3, 0.4) is 0 Å². The predicted octanol–water partition coefficient (Wildman–Crippen LogP) is 6.06. The van der Waals surface area contributed by atoms with Crippen molar-refractivity contribution in [2.75, 3.05) is 0 Å². The van der Waals surface area contributed by atoms with Gasteiger partial charge in [0, 0.05) is 0 Å². The predicted molar refractivity (Wildman–Crippen MR) is 91.2 cm³/mol. The van der Waals surface area contributed by atoms with Crippen molar-refractivity contribution in [3.63, 3.8) is 0 Å². The summed E-state index contributed by atoms with van der Waals surface area (Å²) in [4.78, 5) is 0. The molecule has 0 heterocycles. The van der Waals surface area contributed by atoms with Crippen LogP contribution in [-0.4, -0.2) is 0 Å². The topological polar surface area (TPSA) is 0 Å². The zero-order valence-corrected chi connectivity index (χ0v) is 15.8. The molecular formula is C21H23Zr. The molecule has 0 aromatic heterocycles. The molecule has 0 fully saturated rings. The van der Waals surface area contributed by atoms with Gasteiger partial charge in [-0.1, -0.05) is 0 Å². The molecule has 1 unspecified atom stereocenters. The molecule has 1 aromatic carbocycles. The quantitative estimate of drug-likeness (QED) is 0.536. The molecule has 0 amide bonds. The second kappa shape index (κ2) is 7.09. The minimum atomic E-state index is 0.498. The Balaban J connectivity index is 1.96. The van der Waals surface area contributed by atoms with E-state index in [4.69, 9.17) is 0 Å². The molecular weight excluding hydrogens is 343 g/mol. The number of allylic oxidation sites excluding steroid dienone is 6. The fourth-order valence-electron chi connectivity index (χ4n) is 3.63. The molecule has 2 aliphatic carbocycles. The maximum absolute atomic E-state index is 3.99. The van der Waals surface area contributed by atoms with Crippen LogP contribution in [0, 0.1) is 0 Å². The molecule has 0 bridgehead atoms. The van der Waals surface area contributed by atoms with Crippen LogP contribution in [0.25, 0.3) is 6.08 Å². The molecule has 3 rings (SSSR count). The first-order valence-corrected chi connectivity index (χ1v) is 9.55. The van der Waals surface area contributed by atoms with Gasteiger partial charge < -0.3 is 0 Å². The first kappa shape index (κ1) is 15.9. The Kier molecular flexibility index (Phi) is 5.14. The van der Waals surface area contributed by atoms with Crippen LogP contribution < -0.4 is 0 Å². The van der Waals surface area contributed by atoms with E-state index in [-0.39, 0.29) is 0 Å². The van der Waals surface area contributed by atoms with Gasteiger partial charge in [-0.3, -0.25) is 0 Å². The fourth-order valence-corrected chi connectivity index (χ4v) is 4.51. The van der Waals surface area contributed by atoms with E-state index >= 15 is 0 Å². The summed E-state index contributed by atoms with van der Waals surface area (Å²) >= 11 is 1.59. The van der Waals surface area contributed by atoms with Gasteiger partial charge in [-0.25, -0.2) is 0 Å². The number of hydrogen-bond donors (Lipinski definition) is 0. The van der Waals surface area contributed by atoms with Crippen molar-refractivity contribution >= 4 is 6.08 Å². The summed E-state index contributed by atoms with van der Waals surface area (Å²) in [5.74, 6) is 0.498. The number of fused-ring (bicyclic) bond motifs is 1. The van der Waals surface area contributed by atoms with Crippen LogP contribution in [0.2, 0.25) is 0 Å². The monoisotopic (exact) mass is 365 g/mol. The SMILES string of the molecule is C=CCC1C(C2=CC[C]([Zr])=C2CCCC)=Cc2ccccc21. The summed E-state index contributed by atoms with van der Waals surface area (Å²) in [6.45, 7) is 6.27. The Morgan fingerprint density at radius 2 is 2.14 bits per heavy atom. The molecule has 0 aliphatic heterocycles. The third-order valence-corrected chi connectivity index (χ3v) is 5.99. The molecule has 0 saturated heterocycles. The first-order valence-electron chi connectivity index (χ1n) is 8.32. The van der Waals surface area contributed by atoms with Gasteiger partial charge in [0.2, 0.25) is 0 Å². The van der Waals surface area contributed by atoms with Crippen molar-refractivity contribution in [1.82, 2.24) is 0 Å². The van der Waals surface area contributed by atoms with E-state index in [1.807, 2.05) is 0 Å². The third kappa shape index (κ3) is 2.93. The van der Waals surface area contributed by atoms with Gasteiger partial charge in [0.1, 0.15) is 0 Å². The van der Waals surface area contributed by atoms with E-state index in [0.717, 1.165) is 6.42 Å². The van der Waals surface area contributed by atoms with E-state index in [2.05, 4.69) is 56.0 Å². The van der Waals surface area contributed by atoms with Crippen LogP contribution in [0.15, 0.2) is 63.0 Å². The molecule has 22 heavy (non-hydrogen) atoms. The maximum atomic E-state index is 3.99. The average molecular weight is 367 g/mol. The molecule has 111 valence electrons. The van der Waals surface area contributed by atoms with Crippen LogP contribution in [0.5, 0.6) is 0 Å². The van der Waals surface area contributed by atoms with E-state index in [1.54, 1.807) is 39.1 Å². The molecule has 0 radical (unpaired) electrons. The molecule has 1 aromatic rings. The van der Waals surface area contributed by atoms with Gasteiger partial charge >= 0.3 is 150 Å². The zero-order chi connectivity index (χ0) is 15.5. The summed E-state index contributed by atoms with van der Waals surface area (Å²) in [7, 11) is 0. The van der Waals surface area contributed by atoms with Gasteiger partial charge in [-0.05, 0) is 0 Å². The van der Waals surface area contributed by atoms with Crippen molar-refractivity contribution in [2.24, 2.45) is 0 Å². The second-order valence-electron chi connectivity index (χ2n) is 6.19. The van der Waals surface area contributed by atoms with Gasteiger partial charge in [-0.2, -0.15) is 0 Å². The van der Waals surface area contributed by atoms with Gasteiger partial charge in [0.05, 0.1) is 0 Å². The van der Waals surface area contributed by atoms with Gasteiger partial charge in [0.25, 0.3) is 0 Å². The van der Waals surface area contributed by atoms with E-state index in [0.29, 0.717) is 5.92 Å². The van der Waals surface area contributed by atoms with Crippen molar-refractivity contribution in [3.8, 4) is 0 Å². The standard InChI is InChI=1S/C21H23.Zr/c1-3-5-10-16-12-8-14-18(16)21-15-17-11-6-7-13-19(17)20(21)9-4-2;/h4,6-7,11,13-15,20H,2-3,5,8-10H2,1H3;. The average Bonchev–Trinajstić information content (AvgIpc) is 3.07. The molecule has 1 atom stereocenters. The zero-order valence-electron chi connectivity index (χ0n) is 13.4. The summed E-state index contributed by atoms with van der Waals surface area (Å²) in [6, 6.07) is 8.85. The summed E-state index contributed by atoms with van der Waals surface area (Å²) in [5.41, 5.74) is 7.60. The summed E-state index contributed by atoms with van der Waals surface area (Å²) in [6.07, 6.45) is 13.0. The number of hydrogen-bond acceptors (Lipinski definition) is 0. The Morgan fingerprint density at radius 1 is 1.32 bits per heavy atom. The minimum absolute atomic E-state index is 0.498. The Morgan fingerprint density at radius 3 is 2.91 bits per heavy atom. The molecule has 1 heteroatoms. The first-order chi connectivity index (χ1) is 10.8. The van der Waals surface area contributed by atoms with E-state index < -0.39 is 0 Å². The number of rotatable bonds is 6. The number of benzene rings is 1. The molecule has 2 aliphatic rings. The van der Waals surface area contributed by atoms with Gasteiger partial charge in [-0.15, -0.1) is 0 Å². The van der Waals surface area contributed by atoms with E-state index in [9.17, 15) is 0 Å². The van der Waals surface area contributed by atoms with E-state index in [1.165, 1.54) is 42.4 Å². The Labute approximate surface area is 149 Å². The van der Waals surface area contributed by atoms with Crippen LogP contribution >= 0.6 is 0 Å². The second-order valence-corrected chi connectivity index (χ2v) is 7.67. The van der Waals surface area contributed by atoms with Crippen molar-refractivity contribution in [1.29, 1.82) is 0 Å². The van der Waals surface area contributed by atoms with Crippen molar-refractivity contribution in [3.05, 3.63) is 74.1 Å². The van der Waals surface area contributed by atoms with Crippen molar-refractivity contribution in [2.45, 2.75) is 44.9 Å². The third-order valence-electron chi connectivity index (χ3n) is 4.75. The molecule has 0 saturated carbocycles. The van der Waals surface area contributed by atoms with Crippen LogP contribution in [0.1, 0.15) is 56.1 Å². The number of unbranched alkanes of at least 4 members (excludes halogenated alkanes) is 1. The van der Waals surface area contributed by atoms with Crippen molar-refractivity contribution < 1.29 is 24.7 Å². The fraction of sp³-hybridized carbons (Fsp3) is 0.333. The summed E-state index contributed by atoms with van der Waals surface area (Å²) < 4.78 is 1.66. The summed E-state index contributed by atoms with van der Waals surface area (Å²) in [5, 5.41) is 0. The van der Waals surface area contributed by atoms with Crippen LogP contribution in [-0.2, 0) is 24.7 Å². The Hall–Kier alpha value is -0.937. The van der Waals surface area contributed by atoms with Crippen LogP contribution in [0.4, 0.5) is 0 Å². The molecule has 0 N–H and O–H groups in total. The Bertz CT molecular complexity index is 673. The molecule has 0 spiro atoms. The van der Waals surface area contributed by atoms with Gasteiger partial charge in [0.15, 0.2) is 0 Å². The molecule has 0 nitrogen and oxygen atoms in total. The normalized spacial score (nSPS) is 19.9.